The second-order valence-electron chi connectivity index (χ2n) is 2.88. The summed E-state index contributed by atoms with van der Waals surface area (Å²) >= 11 is 5.87. The number of rotatable bonds is 2. The van der Waals surface area contributed by atoms with E-state index in [-0.39, 0.29) is 0 Å². The highest BCUT2D eigenvalue weighted by molar-refractivity contribution is 6.30. The van der Waals surface area contributed by atoms with Crippen LogP contribution in [0.25, 0.3) is 10.9 Å². The maximum absolute atomic E-state index is 5.87. The number of fused-ring (bicyclic) bond motifs is 1. The van der Waals surface area contributed by atoms with E-state index < -0.39 is 0 Å². The molecule has 0 unspecified atom stereocenters. The number of H-pyrrole nitrogens is 1. The van der Waals surface area contributed by atoms with Crippen LogP contribution in [0.1, 0.15) is 0 Å². The molecule has 0 fully saturated rings. The van der Waals surface area contributed by atoms with E-state index in [1.54, 1.807) is 14.2 Å². The van der Waals surface area contributed by atoms with Gasteiger partial charge in [0.05, 0.1) is 19.7 Å². The summed E-state index contributed by atoms with van der Waals surface area (Å²) in [7, 11) is 3.25. The molecule has 4 heteroatoms. The highest BCUT2D eigenvalue weighted by atomic mass is 35.5. The van der Waals surface area contributed by atoms with E-state index in [1.165, 1.54) is 0 Å². The van der Waals surface area contributed by atoms with Crippen LogP contribution in [-0.4, -0.2) is 19.2 Å². The van der Waals surface area contributed by atoms with Crippen molar-refractivity contribution < 1.29 is 9.47 Å². The lowest BCUT2D eigenvalue weighted by molar-refractivity contribution is 0.410. The molecule has 0 amide bonds. The Kier molecular flexibility index (Phi) is 2.25. The zero-order valence-corrected chi connectivity index (χ0v) is 8.68. The van der Waals surface area contributed by atoms with Gasteiger partial charge in [0, 0.05) is 5.39 Å². The molecular weight excluding hydrogens is 202 g/mol. The summed E-state index contributed by atoms with van der Waals surface area (Å²) in [5, 5.41) is 1.50. The fraction of sp³-hybridized carbons (Fsp3) is 0.200. The first-order chi connectivity index (χ1) is 6.76. The molecule has 1 heterocycles. The van der Waals surface area contributed by atoms with E-state index in [4.69, 9.17) is 21.1 Å². The monoisotopic (exact) mass is 211 g/mol. The van der Waals surface area contributed by atoms with Crippen molar-refractivity contribution in [3.8, 4) is 11.5 Å². The van der Waals surface area contributed by atoms with Crippen LogP contribution in [0.2, 0.25) is 5.15 Å². The molecule has 0 saturated carbocycles. The van der Waals surface area contributed by atoms with E-state index in [9.17, 15) is 0 Å². The molecule has 14 heavy (non-hydrogen) atoms. The van der Waals surface area contributed by atoms with Crippen LogP contribution >= 0.6 is 11.6 Å². The molecule has 74 valence electrons. The molecule has 2 rings (SSSR count). The Balaban J connectivity index is 2.77. The van der Waals surface area contributed by atoms with E-state index in [0.29, 0.717) is 5.15 Å². The van der Waals surface area contributed by atoms with Crippen LogP contribution < -0.4 is 9.47 Å². The van der Waals surface area contributed by atoms with Crippen molar-refractivity contribution in [1.82, 2.24) is 4.98 Å². The lowest BCUT2D eigenvalue weighted by Crippen LogP contribution is -1.87. The highest BCUT2D eigenvalue weighted by Gasteiger charge is 2.09. The quantitative estimate of drug-likeness (QED) is 0.829. The summed E-state index contributed by atoms with van der Waals surface area (Å²) in [5.41, 5.74) is 0.858. The average molecular weight is 212 g/mol. The molecule has 1 aromatic heterocycles. The lowest BCUT2D eigenvalue weighted by Gasteiger charge is -2.05. The molecular formula is C10H10ClNO2. The fourth-order valence-electron chi connectivity index (χ4n) is 1.48. The van der Waals surface area contributed by atoms with E-state index >= 15 is 0 Å². The van der Waals surface area contributed by atoms with Gasteiger partial charge < -0.3 is 14.5 Å². The summed E-state index contributed by atoms with van der Waals surface area (Å²) in [6.07, 6.45) is 0. The van der Waals surface area contributed by atoms with Crippen molar-refractivity contribution in [2.45, 2.75) is 0 Å². The van der Waals surface area contributed by atoms with Crippen LogP contribution in [0.4, 0.5) is 0 Å². The topological polar surface area (TPSA) is 34.2 Å². The molecule has 0 radical (unpaired) electrons. The second-order valence-corrected chi connectivity index (χ2v) is 3.28. The van der Waals surface area contributed by atoms with Gasteiger partial charge in [0.25, 0.3) is 0 Å². The number of nitrogens with one attached hydrogen (secondary N) is 1. The minimum absolute atomic E-state index is 0.572. The van der Waals surface area contributed by atoms with Crippen LogP contribution in [0.5, 0.6) is 11.5 Å². The molecule has 0 aliphatic rings. The van der Waals surface area contributed by atoms with Crippen molar-refractivity contribution in [3.05, 3.63) is 23.4 Å². The Bertz CT molecular complexity index is 423. The Morgan fingerprint density at radius 3 is 2.43 bits per heavy atom. The predicted molar refractivity (Wildman–Crippen MR) is 56.4 cm³/mol. The van der Waals surface area contributed by atoms with Gasteiger partial charge in [-0.3, -0.25) is 0 Å². The number of benzene rings is 1. The SMILES string of the molecule is COc1ccc(OC)c2[nH]c(Cl)cc12. The molecule has 2 aromatic rings. The number of aromatic nitrogens is 1. The van der Waals surface area contributed by atoms with Crippen LogP contribution in [0.3, 0.4) is 0 Å². The lowest BCUT2D eigenvalue weighted by atomic mass is 10.2. The van der Waals surface area contributed by atoms with Crippen molar-refractivity contribution in [2.75, 3.05) is 14.2 Å². The van der Waals surface area contributed by atoms with Gasteiger partial charge in [-0.05, 0) is 18.2 Å². The van der Waals surface area contributed by atoms with Crippen molar-refractivity contribution in [1.29, 1.82) is 0 Å². The molecule has 0 aliphatic heterocycles. The maximum atomic E-state index is 5.87. The molecule has 0 saturated heterocycles. The van der Waals surface area contributed by atoms with Gasteiger partial charge in [0.2, 0.25) is 0 Å². The third-order valence-corrected chi connectivity index (χ3v) is 2.33. The minimum atomic E-state index is 0.572. The van der Waals surface area contributed by atoms with Gasteiger partial charge in [-0.25, -0.2) is 0 Å². The molecule has 3 nitrogen and oxygen atoms in total. The minimum Gasteiger partial charge on any atom is -0.496 e. The number of hydrogen-bond donors (Lipinski definition) is 1. The van der Waals surface area contributed by atoms with Crippen LogP contribution in [-0.2, 0) is 0 Å². The van der Waals surface area contributed by atoms with Gasteiger partial charge in [0.15, 0.2) is 0 Å². The molecule has 1 N–H and O–H groups in total. The largest absolute Gasteiger partial charge is 0.496 e. The molecule has 0 bridgehead atoms. The summed E-state index contributed by atoms with van der Waals surface area (Å²) < 4.78 is 10.4. The van der Waals surface area contributed by atoms with Crippen LogP contribution in [0.15, 0.2) is 18.2 Å². The number of aromatic amines is 1. The summed E-state index contributed by atoms with van der Waals surface area (Å²) in [4.78, 5) is 3.01. The third kappa shape index (κ3) is 1.30. The molecule has 0 spiro atoms. The van der Waals surface area contributed by atoms with Gasteiger partial charge in [-0.1, -0.05) is 11.6 Å². The molecule has 1 aromatic carbocycles. The Morgan fingerprint density at radius 2 is 1.79 bits per heavy atom. The Hall–Kier alpha value is -1.35. The van der Waals surface area contributed by atoms with E-state index in [0.717, 1.165) is 22.4 Å². The number of hydrogen-bond acceptors (Lipinski definition) is 2. The summed E-state index contributed by atoms with van der Waals surface area (Å²) in [6, 6.07) is 5.51. The Morgan fingerprint density at radius 1 is 1.14 bits per heavy atom. The van der Waals surface area contributed by atoms with Crippen molar-refractivity contribution in [3.63, 3.8) is 0 Å². The third-order valence-electron chi connectivity index (χ3n) is 2.12. The number of halogens is 1. The zero-order chi connectivity index (χ0) is 10.1. The van der Waals surface area contributed by atoms with Gasteiger partial charge in [0.1, 0.15) is 16.7 Å². The normalized spacial score (nSPS) is 10.5. The highest BCUT2D eigenvalue weighted by Crippen LogP contribution is 2.34. The maximum Gasteiger partial charge on any atom is 0.143 e. The second kappa shape index (κ2) is 3.42. The smallest absolute Gasteiger partial charge is 0.143 e. The first kappa shape index (κ1) is 9.21. The number of methoxy groups -OCH3 is 2. The standard InChI is InChI=1S/C10H10ClNO2/c1-13-7-3-4-8(14-2)10-6(7)5-9(11)12-10/h3-5,12H,1-2H3. The van der Waals surface area contributed by atoms with Crippen LogP contribution in [0, 0.1) is 0 Å². The van der Waals surface area contributed by atoms with Crippen molar-refractivity contribution >= 4 is 22.5 Å². The molecule has 0 aliphatic carbocycles. The Labute approximate surface area is 86.6 Å². The zero-order valence-electron chi connectivity index (χ0n) is 7.93. The summed E-state index contributed by atoms with van der Waals surface area (Å²) in [5.74, 6) is 1.54. The van der Waals surface area contributed by atoms with Gasteiger partial charge >= 0.3 is 0 Å². The first-order valence-electron chi connectivity index (χ1n) is 4.15. The van der Waals surface area contributed by atoms with Crippen molar-refractivity contribution in [2.24, 2.45) is 0 Å². The van der Waals surface area contributed by atoms with E-state index in [1.807, 2.05) is 18.2 Å². The average Bonchev–Trinajstić information content (AvgIpc) is 2.57. The predicted octanol–water partition coefficient (Wildman–Crippen LogP) is 2.84. The molecule has 0 atom stereocenters. The summed E-state index contributed by atoms with van der Waals surface area (Å²) in [6.45, 7) is 0. The fourth-order valence-corrected chi connectivity index (χ4v) is 1.69. The van der Waals surface area contributed by atoms with E-state index in [2.05, 4.69) is 4.98 Å². The van der Waals surface area contributed by atoms with Gasteiger partial charge in [-0.2, -0.15) is 0 Å². The number of ether oxygens (including phenoxy) is 2. The first-order valence-corrected chi connectivity index (χ1v) is 4.53. The van der Waals surface area contributed by atoms with Gasteiger partial charge in [-0.15, -0.1) is 0 Å².